The molecule has 4 nitrogen and oxygen atoms in total. The van der Waals surface area contributed by atoms with Gasteiger partial charge in [-0.3, -0.25) is 0 Å². The van der Waals surface area contributed by atoms with E-state index in [4.69, 9.17) is 0 Å². The van der Waals surface area contributed by atoms with Gasteiger partial charge in [-0.2, -0.15) is 4.31 Å². The van der Waals surface area contributed by atoms with Crippen molar-refractivity contribution in [3.8, 4) is 0 Å². The Morgan fingerprint density at radius 1 is 1.44 bits per heavy atom. The fourth-order valence-corrected chi connectivity index (χ4v) is 4.87. The molecule has 100 valence electrons. The molecule has 0 bridgehead atoms. The molecule has 0 radical (unpaired) electrons. The maximum absolute atomic E-state index is 12.5. The Kier molecular flexibility index (Phi) is 4.11. The molecule has 1 aliphatic rings. The lowest BCUT2D eigenvalue weighted by molar-refractivity contribution is 0.213. The van der Waals surface area contributed by atoms with Crippen molar-refractivity contribution in [1.29, 1.82) is 0 Å². The molecule has 1 aromatic carbocycles. The third-order valence-electron chi connectivity index (χ3n) is 3.16. The average molecular weight is 334 g/mol. The molecule has 1 aromatic rings. The first-order chi connectivity index (χ1) is 8.45. The summed E-state index contributed by atoms with van der Waals surface area (Å²) in [5.74, 6) is 0. The Labute approximate surface area is 116 Å². The van der Waals surface area contributed by atoms with Crippen LogP contribution in [0.4, 0.5) is 0 Å². The van der Waals surface area contributed by atoms with Gasteiger partial charge in [-0.15, -0.1) is 0 Å². The summed E-state index contributed by atoms with van der Waals surface area (Å²) in [6.07, 6.45) is 1.53. The van der Waals surface area contributed by atoms with E-state index in [1.54, 1.807) is 12.1 Å². The molecule has 6 heteroatoms. The van der Waals surface area contributed by atoms with Gasteiger partial charge in [0, 0.05) is 17.1 Å². The van der Waals surface area contributed by atoms with Crippen molar-refractivity contribution in [2.75, 3.05) is 13.2 Å². The van der Waals surface area contributed by atoms with E-state index >= 15 is 0 Å². The van der Waals surface area contributed by atoms with E-state index in [2.05, 4.69) is 15.9 Å². The average Bonchev–Trinajstić information content (AvgIpc) is 2.76. The second kappa shape index (κ2) is 5.28. The second-order valence-electron chi connectivity index (χ2n) is 4.56. The van der Waals surface area contributed by atoms with Gasteiger partial charge in [0.2, 0.25) is 10.0 Å². The molecule has 0 aromatic heterocycles. The van der Waals surface area contributed by atoms with Crippen LogP contribution in [-0.4, -0.2) is 37.0 Å². The van der Waals surface area contributed by atoms with Crippen LogP contribution in [0.3, 0.4) is 0 Å². The van der Waals surface area contributed by atoms with E-state index in [1.807, 2.05) is 13.0 Å². The maximum Gasteiger partial charge on any atom is 0.243 e. The number of rotatable bonds is 3. The van der Waals surface area contributed by atoms with Crippen molar-refractivity contribution < 1.29 is 13.5 Å². The van der Waals surface area contributed by atoms with Crippen LogP contribution in [-0.2, 0) is 10.0 Å². The van der Waals surface area contributed by atoms with Crippen LogP contribution < -0.4 is 0 Å². The summed E-state index contributed by atoms with van der Waals surface area (Å²) in [6.45, 7) is 2.22. The lowest BCUT2D eigenvalue weighted by Crippen LogP contribution is -2.37. The number of nitrogens with zero attached hydrogens (tertiary/aromatic N) is 1. The van der Waals surface area contributed by atoms with Crippen LogP contribution in [0.15, 0.2) is 27.6 Å². The molecule has 18 heavy (non-hydrogen) atoms. The van der Waals surface area contributed by atoms with Crippen LogP contribution in [0.25, 0.3) is 0 Å². The Morgan fingerprint density at radius 3 is 2.78 bits per heavy atom. The smallest absolute Gasteiger partial charge is 0.243 e. The molecule has 0 aliphatic carbocycles. The number of aryl methyl sites for hydroxylation is 1. The van der Waals surface area contributed by atoms with Crippen LogP contribution in [0.5, 0.6) is 0 Å². The van der Waals surface area contributed by atoms with Gasteiger partial charge in [0.15, 0.2) is 0 Å². The Bertz CT molecular complexity index is 524. The zero-order valence-electron chi connectivity index (χ0n) is 10.1. The van der Waals surface area contributed by atoms with E-state index in [0.29, 0.717) is 6.54 Å². The Balaban J connectivity index is 2.41. The van der Waals surface area contributed by atoms with E-state index in [9.17, 15) is 13.5 Å². The molecule has 1 heterocycles. The zero-order valence-corrected chi connectivity index (χ0v) is 12.5. The van der Waals surface area contributed by atoms with Gasteiger partial charge in [-0.1, -0.05) is 15.9 Å². The van der Waals surface area contributed by atoms with Gasteiger partial charge < -0.3 is 5.11 Å². The highest BCUT2D eigenvalue weighted by Gasteiger charge is 2.34. The fraction of sp³-hybridized carbons (Fsp3) is 0.500. The van der Waals surface area contributed by atoms with Crippen molar-refractivity contribution in [2.24, 2.45) is 0 Å². The highest BCUT2D eigenvalue weighted by atomic mass is 79.9. The van der Waals surface area contributed by atoms with E-state index < -0.39 is 10.0 Å². The fourth-order valence-electron chi connectivity index (χ4n) is 2.30. The molecular formula is C12H16BrNO3S. The van der Waals surface area contributed by atoms with Crippen LogP contribution in [0.1, 0.15) is 18.4 Å². The molecule has 1 aliphatic heterocycles. The third kappa shape index (κ3) is 2.61. The number of benzene rings is 1. The molecule has 2 rings (SSSR count). The zero-order chi connectivity index (χ0) is 13.3. The first kappa shape index (κ1) is 14.0. The van der Waals surface area contributed by atoms with Gasteiger partial charge in [-0.05, 0) is 43.5 Å². The second-order valence-corrected chi connectivity index (χ2v) is 7.36. The highest BCUT2D eigenvalue weighted by Crippen LogP contribution is 2.28. The predicted molar refractivity (Wildman–Crippen MR) is 72.9 cm³/mol. The normalized spacial score (nSPS) is 21.4. The number of aliphatic hydroxyl groups is 1. The van der Waals surface area contributed by atoms with Gasteiger partial charge >= 0.3 is 0 Å². The van der Waals surface area contributed by atoms with Crippen molar-refractivity contribution in [3.05, 3.63) is 28.2 Å². The summed E-state index contributed by atoms with van der Waals surface area (Å²) >= 11 is 3.31. The maximum atomic E-state index is 12.5. The van der Waals surface area contributed by atoms with Crippen molar-refractivity contribution in [2.45, 2.75) is 30.7 Å². The molecule has 0 saturated carbocycles. The van der Waals surface area contributed by atoms with E-state index in [-0.39, 0.29) is 17.5 Å². The predicted octanol–water partition coefficient (Wildman–Crippen LogP) is 1.90. The lowest BCUT2D eigenvalue weighted by Gasteiger charge is -2.22. The first-order valence-corrected chi connectivity index (χ1v) is 8.08. The van der Waals surface area contributed by atoms with Crippen molar-refractivity contribution in [1.82, 2.24) is 4.31 Å². The summed E-state index contributed by atoms with van der Waals surface area (Å²) in [4.78, 5) is 0.287. The van der Waals surface area contributed by atoms with Crippen molar-refractivity contribution >= 4 is 26.0 Å². The van der Waals surface area contributed by atoms with E-state index in [1.165, 1.54) is 4.31 Å². The highest BCUT2D eigenvalue weighted by molar-refractivity contribution is 9.10. The van der Waals surface area contributed by atoms with Crippen molar-refractivity contribution in [3.63, 3.8) is 0 Å². The van der Waals surface area contributed by atoms with Crippen LogP contribution >= 0.6 is 15.9 Å². The molecule has 1 saturated heterocycles. The Morgan fingerprint density at radius 2 is 2.17 bits per heavy atom. The third-order valence-corrected chi connectivity index (χ3v) is 5.54. The molecule has 0 spiro atoms. The molecule has 1 fully saturated rings. The summed E-state index contributed by atoms with van der Waals surface area (Å²) in [5.41, 5.74) is 0.891. The number of aliphatic hydroxyl groups excluding tert-OH is 1. The topological polar surface area (TPSA) is 57.6 Å². The molecule has 0 amide bonds. The van der Waals surface area contributed by atoms with Crippen LogP contribution in [0, 0.1) is 6.92 Å². The number of halogens is 1. The van der Waals surface area contributed by atoms with Crippen LogP contribution in [0.2, 0.25) is 0 Å². The summed E-state index contributed by atoms with van der Waals surface area (Å²) in [7, 11) is -3.50. The van der Waals surface area contributed by atoms with E-state index in [0.717, 1.165) is 22.9 Å². The monoisotopic (exact) mass is 333 g/mol. The lowest BCUT2D eigenvalue weighted by atomic mass is 10.2. The quantitative estimate of drug-likeness (QED) is 0.919. The minimum atomic E-state index is -3.50. The van der Waals surface area contributed by atoms with Gasteiger partial charge in [0.05, 0.1) is 11.5 Å². The minimum absolute atomic E-state index is 0.119. The molecule has 0 unspecified atom stereocenters. The summed E-state index contributed by atoms with van der Waals surface area (Å²) < 4.78 is 27.2. The molecular weight excluding hydrogens is 318 g/mol. The largest absolute Gasteiger partial charge is 0.395 e. The molecule has 1 atom stereocenters. The standard InChI is InChI=1S/C12H16BrNO3S/c1-9-5-10(13)7-12(6-9)18(16,17)14-4-2-3-11(14)8-15/h5-7,11,15H,2-4,8H2,1H3/t11-/m1/s1. The first-order valence-electron chi connectivity index (χ1n) is 5.85. The van der Waals surface area contributed by atoms with Gasteiger partial charge in [0.25, 0.3) is 0 Å². The Hall–Kier alpha value is -0.430. The number of sulfonamides is 1. The number of hydrogen-bond donors (Lipinski definition) is 1. The summed E-state index contributed by atoms with van der Waals surface area (Å²) in [5, 5.41) is 9.24. The van der Waals surface area contributed by atoms with Gasteiger partial charge in [-0.25, -0.2) is 8.42 Å². The number of hydrogen-bond acceptors (Lipinski definition) is 3. The SMILES string of the molecule is Cc1cc(Br)cc(S(=O)(=O)N2CCC[C@@H]2CO)c1. The minimum Gasteiger partial charge on any atom is -0.395 e. The summed E-state index contributed by atoms with van der Waals surface area (Å²) in [6, 6.07) is 4.85. The molecule has 1 N–H and O–H groups in total. The van der Waals surface area contributed by atoms with Gasteiger partial charge in [0.1, 0.15) is 0 Å².